The van der Waals surface area contributed by atoms with Crippen molar-refractivity contribution in [1.29, 1.82) is 0 Å². The van der Waals surface area contributed by atoms with Gasteiger partial charge in [0.25, 0.3) is 0 Å². The molecule has 1 aliphatic carbocycles. The van der Waals surface area contributed by atoms with Crippen molar-refractivity contribution < 1.29 is 0 Å². The van der Waals surface area contributed by atoms with Crippen LogP contribution in [0.25, 0.3) is 21.5 Å². The van der Waals surface area contributed by atoms with Crippen LogP contribution in [0.4, 0.5) is 0 Å². The number of rotatable bonds is 0. The van der Waals surface area contributed by atoms with Crippen LogP contribution in [0.15, 0.2) is 42.5 Å². The highest BCUT2D eigenvalue weighted by molar-refractivity contribution is 14.1. The summed E-state index contributed by atoms with van der Waals surface area (Å²) < 4.78 is 1.35. The first-order valence-corrected chi connectivity index (χ1v) is 7.03. The van der Waals surface area contributed by atoms with Crippen molar-refractivity contribution in [2.24, 2.45) is 0 Å². The average Bonchev–Trinajstić information content (AvgIpc) is 2.35. The average molecular weight is 330 g/mol. The molecule has 0 amide bonds. The molecule has 0 aliphatic heterocycles. The maximum absolute atomic E-state index is 2.42. The van der Waals surface area contributed by atoms with Crippen LogP contribution < -0.4 is 0 Å². The predicted molar refractivity (Wildman–Crippen MR) is 81.6 cm³/mol. The van der Waals surface area contributed by atoms with Crippen LogP contribution in [-0.2, 0) is 12.8 Å². The number of hydrogen-bond donors (Lipinski definition) is 0. The molecule has 1 heteroatoms. The molecule has 3 aromatic rings. The summed E-state index contributed by atoms with van der Waals surface area (Å²) in [5.41, 5.74) is 3.04. The van der Waals surface area contributed by atoms with E-state index in [0.717, 1.165) is 0 Å². The number of aryl methyl sites for hydroxylation is 2. The molecule has 4 rings (SSSR count). The van der Waals surface area contributed by atoms with Gasteiger partial charge in [0.05, 0.1) is 0 Å². The summed E-state index contributed by atoms with van der Waals surface area (Å²) in [5, 5.41) is 5.76. The van der Waals surface area contributed by atoms with Gasteiger partial charge in [-0.25, -0.2) is 0 Å². The third-order valence-corrected chi connectivity index (χ3v) is 4.38. The molecule has 0 aromatic heterocycles. The maximum atomic E-state index is 2.42. The first-order valence-electron chi connectivity index (χ1n) is 5.96. The Balaban J connectivity index is 2.36. The molecule has 0 atom stereocenters. The van der Waals surface area contributed by atoms with Crippen LogP contribution in [-0.4, -0.2) is 0 Å². The lowest BCUT2D eigenvalue weighted by Gasteiger charge is -2.18. The van der Waals surface area contributed by atoms with Gasteiger partial charge in [0, 0.05) is 3.57 Å². The van der Waals surface area contributed by atoms with Crippen LogP contribution in [0.5, 0.6) is 0 Å². The Morgan fingerprint density at radius 2 is 1.53 bits per heavy atom. The Morgan fingerprint density at radius 1 is 0.765 bits per heavy atom. The summed E-state index contributed by atoms with van der Waals surface area (Å²) in [7, 11) is 0. The fourth-order valence-electron chi connectivity index (χ4n) is 3.04. The topological polar surface area (TPSA) is 0 Å². The summed E-state index contributed by atoms with van der Waals surface area (Å²) >= 11 is 2.42. The van der Waals surface area contributed by atoms with Gasteiger partial charge < -0.3 is 0 Å². The molecule has 82 valence electrons. The number of benzene rings is 3. The summed E-state index contributed by atoms with van der Waals surface area (Å²) in [4.78, 5) is 0. The summed E-state index contributed by atoms with van der Waals surface area (Å²) in [5.74, 6) is 0. The second kappa shape index (κ2) is 3.45. The molecule has 0 saturated carbocycles. The number of halogens is 1. The Hall–Kier alpha value is -1.09. The van der Waals surface area contributed by atoms with E-state index < -0.39 is 0 Å². The SMILES string of the molecule is Ic1cc2c3c(ccc4cccc(c43)CC2)c1. The molecule has 0 unspecified atom stereocenters. The molecule has 0 bridgehead atoms. The summed E-state index contributed by atoms with van der Waals surface area (Å²) in [6.07, 6.45) is 2.37. The normalized spacial score (nSPS) is 13.7. The van der Waals surface area contributed by atoms with Gasteiger partial charge in [0.15, 0.2) is 0 Å². The van der Waals surface area contributed by atoms with Crippen molar-refractivity contribution in [2.75, 3.05) is 0 Å². The molecule has 0 nitrogen and oxygen atoms in total. The molecular weight excluding hydrogens is 319 g/mol. The highest BCUT2D eigenvalue weighted by Gasteiger charge is 2.15. The molecular formula is C16H11I. The third kappa shape index (κ3) is 1.35. The van der Waals surface area contributed by atoms with Gasteiger partial charge in [-0.2, -0.15) is 0 Å². The Labute approximate surface area is 114 Å². The zero-order valence-corrected chi connectivity index (χ0v) is 11.5. The van der Waals surface area contributed by atoms with E-state index in [1.807, 2.05) is 0 Å². The Kier molecular flexibility index (Phi) is 2.01. The first-order chi connectivity index (χ1) is 8.33. The van der Waals surface area contributed by atoms with Crippen molar-refractivity contribution >= 4 is 44.1 Å². The van der Waals surface area contributed by atoms with Crippen LogP contribution in [0, 0.1) is 3.57 Å². The Morgan fingerprint density at radius 3 is 2.47 bits per heavy atom. The van der Waals surface area contributed by atoms with Crippen molar-refractivity contribution in [3.63, 3.8) is 0 Å². The van der Waals surface area contributed by atoms with Gasteiger partial charge in [-0.15, -0.1) is 0 Å². The van der Waals surface area contributed by atoms with Gasteiger partial charge in [0.1, 0.15) is 0 Å². The second-order valence-corrected chi connectivity index (χ2v) is 5.99. The lowest BCUT2D eigenvalue weighted by atomic mass is 9.86. The van der Waals surface area contributed by atoms with E-state index in [1.54, 1.807) is 0 Å². The molecule has 1 aliphatic rings. The zero-order valence-electron chi connectivity index (χ0n) is 9.33. The lowest BCUT2D eigenvalue weighted by Crippen LogP contribution is -2.01. The predicted octanol–water partition coefficient (Wildman–Crippen LogP) is 4.70. The number of hydrogen-bond acceptors (Lipinski definition) is 0. The van der Waals surface area contributed by atoms with E-state index in [1.165, 1.54) is 49.1 Å². The summed E-state index contributed by atoms with van der Waals surface area (Å²) in [6.45, 7) is 0. The fraction of sp³-hybridized carbons (Fsp3) is 0.125. The summed E-state index contributed by atoms with van der Waals surface area (Å²) in [6, 6.07) is 15.8. The molecule has 0 saturated heterocycles. The van der Waals surface area contributed by atoms with Crippen LogP contribution in [0.3, 0.4) is 0 Å². The molecule has 17 heavy (non-hydrogen) atoms. The maximum Gasteiger partial charge on any atom is 0.0139 e. The van der Waals surface area contributed by atoms with Crippen LogP contribution in [0.1, 0.15) is 11.1 Å². The van der Waals surface area contributed by atoms with Crippen molar-refractivity contribution in [3.05, 3.63) is 57.2 Å². The van der Waals surface area contributed by atoms with Crippen molar-refractivity contribution in [2.45, 2.75) is 12.8 Å². The largest absolute Gasteiger partial charge is 0.0614 e. The standard InChI is InChI=1S/C16H11I/c17-14-8-12-6-4-10-2-1-3-11-5-7-13(9-14)16(12)15(10)11/h1-4,6,8-9H,5,7H2. The zero-order chi connectivity index (χ0) is 11.4. The molecule has 0 heterocycles. The van der Waals surface area contributed by atoms with Gasteiger partial charge in [0.2, 0.25) is 0 Å². The van der Waals surface area contributed by atoms with Crippen LogP contribution in [0.2, 0.25) is 0 Å². The second-order valence-electron chi connectivity index (χ2n) is 4.74. The molecule has 3 aromatic carbocycles. The minimum absolute atomic E-state index is 1.18. The van der Waals surface area contributed by atoms with Crippen molar-refractivity contribution in [3.8, 4) is 0 Å². The highest BCUT2D eigenvalue weighted by atomic mass is 127. The van der Waals surface area contributed by atoms with Gasteiger partial charge >= 0.3 is 0 Å². The van der Waals surface area contributed by atoms with E-state index >= 15 is 0 Å². The minimum Gasteiger partial charge on any atom is -0.0614 e. The first kappa shape index (κ1) is 9.89. The monoisotopic (exact) mass is 330 g/mol. The smallest absolute Gasteiger partial charge is 0.0139 e. The van der Waals surface area contributed by atoms with Crippen LogP contribution >= 0.6 is 22.6 Å². The molecule has 0 spiro atoms. The van der Waals surface area contributed by atoms with E-state index in [-0.39, 0.29) is 0 Å². The quantitative estimate of drug-likeness (QED) is 0.414. The van der Waals surface area contributed by atoms with E-state index in [0.29, 0.717) is 0 Å². The van der Waals surface area contributed by atoms with E-state index in [9.17, 15) is 0 Å². The molecule has 0 radical (unpaired) electrons. The minimum atomic E-state index is 1.18. The van der Waals surface area contributed by atoms with Gasteiger partial charge in [-0.1, -0.05) is 30.3 Å². The van der Waals surface area contributed by atoms with Gasteiger partial charge in [-0.05, 0) is 80.2 Å². The fourth-order valence-corrected chi connectivity index (χ4v) is 3.75. The highest BCUT2D eigenvalue weighted by Crippen LogP contribution is 2.36. The van der Waals surface area contributed by atoms with Gasteiger partial charge in [-0.3, -0.25) is 0 Å². The molecule has 0 N–H and O–H groups in total. The van der Waals surface area contributed by atoms with Crippen molar-refractivity contribution in [1.82, 2.24) is 0 Å². The lowest BCUT2D eigenvalue weighted by molar-refractivity contribution is 0.967. The van der Waals surface area contributed by atoms with E-state index in [4.69, 9.17) is 0 Å². The van der Waals surface area contributed by atoms with E-state index in [2.05, 4.69) is 65.1 Å². The third-order valence-electron chi connectivity index (χ3n) is 3.75. The molecule has 0 fully saturated rings. The Bertz CT molecular complexity index is 756.